The SMILES string of the molecule is CCCCCC(=O)Nc1cc(S(=O)(=O)N2CCCCC2)ccc1N(C)C. The molecular weight excluding hydrogens is 350 g/mol. The van der Waals surface area contributed by atoms with Crippen LogP contribution in [0.2, 0.25) is 0 Å². The predicted molar refractivity (Wildman–Crippen MR) is 106 cm³/mol. The molecule has 0 radical (unpaired) electrons. The van der Waals surface area contributed by atoms with E-state index >= 15 is 0 Å². The first-order valence-electron chi connectivity index (χ1n) is 9.47. The van der Waals surface area contributed by atoms with Gasteiger partial charge in [-0.2, -0.15) is 4.31 Å². The number of piperidine rings is 1. The smallest absolute Gasteiger partial charge is 0.243 e. The summed E-state index contributed by atoms with van der Waals surface area (Å²) in [7, 11) is 0.232. The van der Waals surface area contributed by atoms with E-state index in [0.29, 0.717) is 25.2 Å². The molecule has 1 heterocycles. The molecule has 1 N–H and O–H groups in total. The van der Waals surface area contributed by atoms with E-state index in [-0.39, 0.29) is 10.8 Å². The molecule has 1 amide bonds. The molecule has 0 unspecified atom stereocenters. The van der Waals surface area contributed by atoms with Crippen molar-refractivity contribution >= 4 is 27.3 Å². The first-order valence-corrected chi connectivity index (χ1v) is 10.9. The molecule has 0 aliphatic carbocycles. The van der Waals surface area contributed by atoms with Crippen LogP contribution in [0.4, 0.5) is 11.4 Å². The Morgan fingerprint density at radius 3 is 2.46 bits per heavy atom. The van der Waals surface area contributed by atoms with Crippen LogP contribution >= 0.6 is 0 Å². The number of hydrogen-bond donors (Lipinski definition) is 1. The van der Waals surface area contributed by atoms with Crippen LogP contribution in [-0.4, -0.2) is 45.8 Å². The van der Waals surface area contributed by atoms with Crippen LogP contribution in [0.1, 0.15) is 51.9 Å². The van der Waals surface area contributed by atoms with Gasteiger partial charge < -0.3 is 10.2 Å². The maximum absolute atomic E-state index is 12.9. The van der Waals surface area contributed by atoms with Gasteiger partial charge in [-0.25, -0.2) is 8.42 Å². The minimum Gasteiger partial charge on any atom is -0.376 e. The monoisotopic (exact) mass is 381 g/mol. The van der Waals surface area contributed by atoms with E-state index in [1.165, 1.54) is 0 Å². The summed E-state index contributed by atoms with van der Waals surface area (Å²) in [4.78, 5) is 14.4. The van der Waals surface area contributed by atoms with Crippen LogP contribution < -0.4 is 10.2 Å². The highest BCUT2D eigenvalue weighted by molar-refractivity contribution is 7.89. The lowest BCUT2D eigenvalue weighted by atomic mass is 10.2. The van der Waals surface area contributed by atoms with Gasteiger partial charge >= 0.3 is 0 Å². The number of hydrogen-bond acceptors (Lipinski definition) is 4. The number of unbranched alkanes of at least 4 members (excludes halogenated alkanes) is 2. The molecular formula is C19H31N3O3S. The number of nitrogens with zero attached hydrogens (tertiary/aromatic N) is 2. The second-order valence-corrected chi connectivity index (χ2v) is 8.98. The summed E-state index contributed by atoms with van der Waals surface area (Å²) in [5, 5.41) is 2.90. The van der Waals surface area contributed by atoms with E-state index in [1.807, 2.05) is 19.0 Å². The summed E-state index contributed by atoms with van der Waals surface area (Å²) in [6.45, 7) is 3.23. The Kier molecular flexibility index (Phi) is 7.46. The van der Waals surface area contributed by atoms with Gasteiger partial charge in [0.2, 0.25) is 15.9 Å². The van der Waals surface area contributed by atoms with Crippen molar-refractivity contribution < 1.29 is 13.2 Å². The molecule has 1 aromatic rings. The molecule has 0 saturated carbocycles. The Bertz CT molecular complexity index is 711. The van der Waals surface area contributed by atoms with Gasteiger partial charge in [0.05, 0.1) is 16.3 Å². The van der Waals surface area contributed by atoms with Gasteiger partial charge in [0.25, 0.3) is 0 Å². The maximum Gasteiger partial charge on any atom is 0.243 e. The first-order chi connectivity index (χ1) is 12.4. The van der Waals surface area contributed by atoms with Crippen LogP contribution in [0.25, 0.3) is 0 Å². The topological polar surface area (TPSA) is 69.7 Å². The molecule has 26 heavy (non-hydrogen) atoms. The summed E-state index contributed by atoms with van der Waals surface area (Å²) in [6, 6.07) is 4.99. The number of nitrogens with one attached hydrogen (secondary N) is 1. The zero-order valence-corrected chi connectivity index (χ0v) is 16.9. The molecule has 6 nitrogen and oxygen atoms in total. The largest absolute Gasteiger partial charge is 0.376 e. The quantitative estimate of drug-likeness (QED) is 0.700. The number of amides is 1. The molecule has 0 aromatic heterocycles. The molecule has 1 saturated heterocycles. The van der Waals surface area contributed by atoms with Gasteiger partial charge in [0, 0.05) is 33.6 Å². The normalized spacial score (nSPS) is 15.7. The van der Waals surface area contributed by atoms with Gasteiger partial charge in [-0.1, -0.05) is 26.2 Å². The van der Waals surface area contributed by atoms with Crippen molar-refractivity contribution in [2.75, 3.05) is 37.4 Å². The Morgan fingerprint density at radius 1 is 1.15 bits per heavy atom. The van der Waals surface area contributed by atoms with Crippen molar-refractivity contribution in [3.8, 4) is 0 Å². The third-order valence-electron chi connectivity index (χ3n) is 4.68. The minimum absolute atomic E-state index is 0.0749. The lowest BCUT2D eigenvalue weighted by molar-refractivity contribution is -0.116. The molecule has 0 bridgehead atoms. The molecule has 1 aromatic carbocycles. The molecule has 7 heteroatoms. The van der Waals surface area contributed by atoms with Crippen LogP contribution in [0.5, 0.6) is 0 Å². The van der Waals surface area contributed by atoms with Gasteiger partial charge in [-0.3, -0.25) is 4.79 Å². The maximum atomic E-state index is 12.9. The highest BCUT2D eigenvalue weighted by Gasteiger charge is 2.27. The summed E-state index contributed by atoms with van der Waals surface area (Å²) in [5.74, 6) is -0.0749. The molecule has 1 aliphatic rings. The number of carbonyl (C=O) groups is 1. The van der Waals surface area contributed by atoms with Crippen molar-refractivity contribution in [2.45, 2.75) is 56.8 Å². The molecule has 2 rings (SSSR count). The van der Waals surface area contributed by atoms with Crippen molar-refractivity contribution in [1.82, 2.24) is 4.31 Å². The van der Waals surface area contributed by atoms with E-state index in [2.05, 4.69) is 12.2 Å². The Labute approximate surface area is 157 Å². The van der Waals surface area contributed by atoms with E-state index in [0.717, 1.165) is 44.2 Å². The van der Waals surface area contributed by atoms with E-state index in [9.17, 15) is 13.2 Å². The second-order valence-electron chi connectivity index (χ2n) is 7.04. The number of sulfonamides is 1. The van der Waals surface area contributed by atoms with Crippen molar-refractivity contribution in [3.05, 3.63) is 18.2 Å². The number of rotatable bonds is 8. The molecule has 0 spiro atoms. The lowest BCUT2D eigenvalue weighted by Gasteiger charge is -2.26. The van der Waals surface area contributed by atoms with Gasteiger partial charge in [-0.05, 0) is 37.5 Å². The lowest BCUT2D eigenvalue weighted by Crippen LogP contribution is -2.35. The van der Waals surface area contributed by atoms with Crippen molar-refractivity contribution in [1.29, 1.82) is 0 Å². The second kappa shape index (κ2) is 9.37. The highest BCUT2D eigenvalue weighted by atomic mass is 32.2. The van der Waals surface area contributed by atoms with E-state index in [4.69, 9.17) is 0 Å². The molecule has 1 aliphatic heterocycles. The molecule has 1 fully saturated rings. The number of benzene rings is 1. The predicted octanol–water partition coefficient (Wildman–Crippen LogP) is 3.45. The fourth-order valence-corrected chi connectivity index (χ4v) is 4.71. The summed E-state index contributed by atoms with van der Waals surface area (Å²) < 4.78 is 27.4. The fraction of sp³-hybridized carbons (Fsp3) is 0.632. The van der Waals surface area contributed by atoms with Gasteiger partial charge in [0.1, 0.15) is 0 Å². The highest BCUT2D eigenvalue weighted by Crippen LogP contribution is 2.30. The Hall–Kier alpha value is -1.60. The number of anilines is 2. The van der Waals surface area contributed by atoms with Gasteiger partial charge in [-0.15, -0.1) is 0 Å². The minimum atomic E-state index is -3.52. The van der Waals surface area contributed by atoms with Crippen LogP contribution in [0, 0.1) is 0 Å². The fourth-order valence-electron chi connectivity index (χ4n) is 3.17. The number of carbonyl (C=O) groups excluding carboxylic acids is 1. The Morgan fingerprint density at radius 2 is 1.85 bits per heavy atom. The zero-order valence-electron chi connectivity index (χ0n) is 16.1. The third kappa shape index (κ3) is 5.20. The average molecular weight is 382 g/mol. The molecule has 0 atom stereocenters. The molecule has 146 valence electrons. The third-order valence-corrected chi connectivity index (χ3v) is 6.58. The zero-order chi connectivity index (χ0) is 19.2. The van der Waals surface area contributed by atoms with Crippen LogP contribution in [0.3, 0.4) is 0 Å². The van der Waals surface area contributed by atoms with Crippen molar-refractivity contribution in [2.24, 2.45) is 0 Å². The van der Waals surface area contributed by atoms with Crippen molar-refractivity contribution in [3.63, 3.8) is 0 Å². The summed E-state index contributed by atoms with van der Waals surface area (Å²) in [6.07, 6.45) is 6.23. The Balaban J connectivity index is 2.25. The van der Waals surface area contributed by atoms with Crippen LogP contribution in [-0.2, 0) is 14.8 Å². The summed E-state index contributed by atoms with van der Waals surface area (Å²) in [5.41, 5.74) is 1.35. The average Bonchev–Trinajstić information content (AvgIpc) is 2.62. The van der Waals surface area contributed by atoms with E-state index < -0.39 is 10.0 Å². The van der Waals surface area contributed by atoms with E-state index in [1.54, 1.807) is 22.5 Å². The van der Waals surface area contributed by atoms with Crippen LogP contribution in [0.15, 0.2) is 23.1 Å². The standard InChI is InChI=1S/C19H31N3O3S/c1-4-5-7-10-19(23)20-17-15-16(11-12-18(17)21(2)3)26(24,25)22-13-8-6-9-14-22/h11-12,15H,4-10,13-14H2,1-3H3,(H,20,23). The summed E-state index contributed by atoms with van der Waals surface area (Å²) >= 11 is 0. The first kappa shape index (κ1) is 20.7. The van der Waals surface area contributed by atoms with Gasteiger partial charge in [0.15, 0.2) is 0 Å².